The highest BCUT2D eigenvalue weighted by molar-refractivity contribution is 8.38. The largest absolute Gasteiger partial charge is 0.326 e. The molecule has 0 aliphatic heterocycles. The van der Waals surface area contributed by atoms with Crippen molar-refractivity contribution in [1.29, 1.82) is 0 Å². The van der Waals surface area contributed by atoms with Crippen molar-refractivity contribution in [2.75, 3.05) is 17.8 Å². The van der Waals surface area contributed by atoms with Gasteiger partial charge in [-0.25, -0.2) is 4.98 Å². The Morgan fingerprint density at radius 3 is 2.40 bits per heavy atom. The molecular formula is C16H16N4O2S3. The Kier molecular flexibility index (Phi) is 5.36. The Morgan fingerprint density at radius 2 is 1.76 bits per heavy atom. The van der Waals surface area contributed by atoms with Gasteiger partial charge in [0.2, 0.25) is 5.95 Å². The summed E-state index contributed by atoms with van der Waals surface area (Å²) >= 11 is 2.61. The van der Waals surface area contributed by atoms with Crippen LogP contribution >= 0.6 is 23.5 Å². The molecule has 1 aromatic heterocycles. The molecule has 1 heterocycles. The molecule has 6 nitrogen and oxygen atoms in total. The smallest absolute Gasteiger partial charge is 0.283 e. The minimum atomic E-state index is -3.70. The lowest BCUT2D eigenvalue weighted by atomic mass is 10.3. The fourth-order valence-electron chi connectivity index (χ4n) is 2.17. The molecule has 0 amide bonds. The molecule has 0 saturated carbocycles. The van der Waals surface area contributed by atoms with Gasteiger partial charge in [-0.15, -0.1) is 27.9 Å². The quantitative estimate of drug-likeness (QED) is 0.514. The first kappa shape index (κ1) is 17.8. The Labute approximate surface area is 154 Å². The summed E-state index contributed by atoms with van der Waals surface area (Å²) in [5, 5.41) is 3.13. The van der Waals surface area contributed by atoms with Crippen LogP contribution in [0.1, 0.15) is 0 Å². The number of rotatable bonds is 4. The van der Waals surface area contributed by atoms with Crippen molar-refractivity contribution in [3.63, 3.8) is 0 Å². The lowest BCUT2D eigenvalue weighted by molar-refractivity contribution is 0.598. The van der Waals surface area contributed by atoms with Crippen molar-refractivity contribution in [1.82, 2.24) is 9.97 Å². The van der Waals surface area contributed by atoms with Crippen molar-refractivity contribution in [3.8, 4) is 0 Å². The number of H-pyrrole nitrogens is 1. The third-order valence-electron chi connectivity index (χ3n) is 3.35. The predicted molar refractivity (Wildman–Crippen MR) is 107 cm³/mol. The molecule has 0 atom stereocenters. The maximum atomic E-state index is 12.3. The summed E-state index contributed by atoms with van der Waals surface area (Å²) in [7, 11) is -3.70. The monoisotopic (exact) mass is 392 g/mol. The Balaban J connectivity index is 1.81. The number of hydrogen-bond acceptors (Lipinski definition) is 6. The van der Waals surface area contributed by atoms with Crippen LogP contribution in [0.4, 0.5) is 11.6 Å². The third kappa shape index (κ3) is 4.17. The average molecular weight is 393 g/mol. The van der Waals surface area contributed by atoms with Crippen LogP contribution in [0.15, 0.2) is 57.8 Å². The van der Waals surface area contributed by atoms with Crippen molar-refractivity contribution in [3.05, 3.63) is 48.5 Å². The van der Waals surface area contributed by atoms with Crippen LogP contribution < -0.4 is 5.32 Å². The molecule has 3 aromatic rings. The van der Waals surface area contributed by atoms with E-state index in [1.54, 1.807) is 24.6 Å². The molecular weight excluding hydrogens is 376 g/mol. The number of thioether (sulfide) groups is 2. The zero-order valence-electron chi connectivity index (χ0n) is 13.6. The minimum Gasteiger partial charge on any atom is -0.326 e. The van der Waals surface area contributed by atoms with Gasteiger partial charge >= 0.3 is 0 Å². The molecule has 9 heteroatoms. The molecule has 2 aromatic carbocycles. The standard InChI is InChI=1S/C16H16N4O2S3/c1-23-16(24-2)20-25(21,22)12-9-7-11(8-10-12)17-15-18-13-5-3-4-6-14(13)19-15/h3-10H,1-2H3,(H2,17,18,19). The van der Waals surface area contributed by atoms with Gasteiger partial charge in [-0.2, -0.15) is 8.42 Å². The second-order valence-corrected chi connectivity index (χ2v) is 8.44. The van der Waals surface area contributed by atoms with E-state index < -0.39 is 10.0 Å². The van der Waals surface area contributed by atoms with Crippen LogP contribution in [0, 0.1) is 0 Å². The summed E-state index contributed by atoms with van der Waals surface area (Å²) in [5.41, 5.74) is 2.53. The van der Waals surface area contributed by atoms with Gasteiger partial charge in [-0.1, -0.05) is 12.1 Å². The molecule has 3 rings (SSSR count). The molecule has 25 heavy (non-hydrogen) atoms. The molecule has 0 radical (unpaired) electrons. The zero-order valence-corrected chi connectivity index (χ0v) is 16.0. The molecule has 0 aliphatic carbocycles. The maximum absolute atomic E-state index is 12.3. The lowest BCUT2D eigenvalue weighted by Gasteiger charge is -2.05. The van der Waals surface area contributed by atoms with E-state index >= 15 is 0 Å². The molecule has 130 valence electrons. The molecule has 0 bridgehead atoms. The number of aromatic amines is 1. The van der Waals surface area contributed by atoms with Gasteiger partial charge in [0.1, 0.15) is 4.38 Å². The number of aromatic nitrogens is 2. The van der Waals surface area contributed by atoms with Crippen molar-refractivity contribution >= 4 is 60.6 Å². The summed E-state index contributed by atoms with van der Waals surface area (Å²) in [6.07, 6.45) is 3.59. The van der Waals surface area contributed by atoms with Gasteiger partial charge in [0.25, 0.3) is 10.0 Å². The van der Waals surface area contributed by atoms with Crippen LogP contribution in [-0.4, -0.2) is 35.3 Å². The van der Waals surface area contributed by atoms with E-state index in [9.17, 15) is 8.42 Å². The molecule has 0 unspecified atom stereocenters. The minimum absolute atomic E-state index is 0.156. The lowest BCUT2D eigenvalue weighted by Crippen LogP contribution is -2.00. The fraction of sp³-hybridized carbons (Fsp3) is 0.125. The first-order valence-corrected chi connectivity index (χ1v) is 11.2. The van der Waals surface area contributed by atoms with Gasteiger partial charge in [0, 0.05) is 5.69 Å². The van der Waals surface area contributed by atoms with Gasteiger partial charge in [0.15, 0.2) is 0 Å². The fourth-order valence-corrected chi connectivity index (χ4v) is 4.80. The van der Waals surface area contributed by atoms with Crippen LogP contribution in [0.5, 0.6) is 0 Å². The van der Waals surface area contributed by atoms with Gasteiger partial charge in [-0.3, -0.25) is 0 Å². The van der Waals surface area contributed by atoms with Crippen LogP contribution in [0.2, 0.25) is 0 Å². The Bertz CT molecular complexity index is 972. The topological polar surface area (TPSA) is 87.2 Å². The molecule has 0 fully saturated rings. The van der Waals surface area contributed by atoms with Gasteiger partial charge < -0.3 is 10.3 Å². The van der Waals surface area contributed by atoms with E-state index in [4.69, 9.17) is 0 Å². The number of benzene rings is 2. The molecule has 2 N–H and O–H groups in total. The van der Waals surface area contributed by atoms with E-state index in [0.29, 0.717) is 10.3 Å². The Morgan fingerprint density at radius 1 is 1.08 bits per heavy atom. The van der Waals surface area contributed by atoms with E-state index in [-0.39, 0.29) is 4.90 Å². The summed E-state index contributed by atoms with van der Waals surface area (Å²) in [4.78, 5) is 7.75. The second-order valence-electron chi connectivity index (χ2n) is 4.99. The zero-order chi connectivity index (χ0) is 17.9. The number of sulfonamides is 1. The van der Waals surface area contributed by atoms with Gasteiger partial charge in [0.05, 0.1) is 15.9 Å². The van der Waals surface area contributed by atoms with Crippen molar-refractivity contribution in [2.24, 2.45) is 4.40 Å². The normalized spacial score (nSPS) is 11.4. The number of hydrogen-bond donors (Lipinski definition) is 2. The first-order chi connectivity index (χ1) is 12.0. The molecule has 0 spiro atoms. The summed E-state index contributed by atoms with van der Waals surface area (Å²) in [5.74, 6) is 0.599. The number of fused-ring (bicyclic) bond motifs is 1. The molecule has 0 saturated heterocycles. The number of nitrogens with zero attached hydrogens (tertiary/aromatic N) is 2. The van der Waals surface area contributed by atoms with Crippen LogP contribution in [0.25, 0.3) is 11.0 Å². The third-order valence-corrected chi connectivity index (χ3v) is 6.75. The van der Waals surface area contributed by atoms with Crippen LogP contribution in [0.3, 0.4) is 0 Å². The highest BCUT2D eigenvalue weighted by atomic mass is 32.2. The van der Waals surface area contributed by atoms with E-state index in [1.165, 1.54) is 35.7 Å². The van der Waals surface area contributed by atoms with Crippen LogP contribution in [-0.2, 0) is 10.0 Å². The highest BCUT2D eigenvalue weighted by Gasteiger charge is 2.14. The summed E-state index contributed by atoms with van der Waals surface area (Å²) in [6.45, 7) is 0. The first-order valence-electron chi connectivity index (χ1n) is 7.26. The van der Waals surface area contributed by atoms with Gasteiger partial charge in [-0.05, 0) is 48.9 Å². The van der Waals surface area contributed by atoms with E-state index in [0.717, 1.165) is 16.7 Å². The number of imidazole rings is 1. The van der Waals surface area contributed by atoms with E-state index in [2.05, 4.69) is 19.7 Å². The number of nitrogens with one attached hydrogen (secondary N) is 2. The average Bonchev–Trinajstić information content (AvgIpc) is 3.02. The number of para-hydroxylation sites is 2. The van der Waals surface area contributed by atoms with Crippen molar-refractivity contribution in [2.45, 2.75) is 4.90 Å². The predicted octanol–water partition coefficient (Wildman–Crippen LogP) is 4.08. The Hall–Kier alpha value is -1.97. The van der Waals surface area contributed by atoms with E-state index in [1.807, 2.05) is 24.3 Å². The SMILES string of the molecule is CSC(=NS(=O)(=O)c1ccc(Nc2nc3ccccc3[nH]2)cc1)SC. The van der Waals surface area contributed by atoms with Crippen molar-refractivity contribution < 1.29 is 8.42 Å². The second kappa shape index (κ2) is 7.51. The molecule has 0 aliphatic rings. The highest BCUT2D eigenvalue weighted by Crippen LogP contribution is 2.22. The summed E-state index contributed by atoms with van der Waals surface area (Å²) < 4.78 is 28.9. The maximum Gasteiger partial charge on any atom is 0.283 e. The number of anilines is 2. The summed E-state index contributed by atoms with van der Waals surface area (Å²) in [6, 6.07) is 14.1.